The Kier molecular flexibility index (Phi) is 3.01. The molecule has 1 nitrogen and oxygen atoms in total. The lowest BCUT2D eigenvalue weighted by Gasteiger charge is -1.99. The molecule has 0 unspecified atom stereocenters. The predicted octanol–water partition coefficient (Wildman–Crippen LogP) is 1.90. The molecule has 0 fully saturated rings. The summed E-state index contributed by atoms with van der Waals surface area (Å²) in [5.41, 5.74) is 0.613. The third-order valence-electron chi connectivity index (χ3n) is 0.841. The molecule has 0 aromatic carbocycles. The van der Waals surface area contributed by atoms with Gasteiger partial charge in [-0.3, -0.25) is 0 Å². The van der Waals surface area contributed by atoms with Crippen LogP contribution in [-0.4, -0.2) is 11.6 Å². The largest absolute Gasteiger partial charge is 0.308 e. The van der Waals surface area contributed by atoms with E-state index in [0.29, 0.717) is 17.5 Å². The first-order valence-corrected chi connectivity index (χ1v) is 2.85. The molecule has 0 amide bonds. The molecular formula is C5H10ClN. The average Bonchev–Trinajstić information content (AvgIpc) is 1.65. The molecule has 0 spiro atoms. The summed E-state index contributed by atoms with van der Waals surface area (Å²) in [6, 6.07) is 0. The van der Waals surface area contributed by atoms with Gasteiger partial charge in [-0.1, -0.05) is 13.8 Å². The molecular weight excluding hydrogens is 110 g/mol. The first kappa shape index (κ1) is 6.96. The minimum atomic E-state index is 0.317. The molecule has 0 heterocycles. The Balaban J connectivity index is 3.35. The molecule has 0 aromatic rings. The van der Waals surface area contributed by atoms with Crippen LogP contribution in [0.15, 0.2) is 0 Å². The lowest BCUT2D eigenvalue weighted by atomic mass is 10.1. The van der Waals surface area contributed by atoms with E-state index in [-0.39, 0.29) is 0 Å². The van der Waals surface area contributed by atoms with E-state index in [0.717, 1.165) is 0 Å². The lowest BCUT2D eigenvalue weighted by molar-refractivity contribution is 0.872. The molecule has 0 rings (SSSR count). The van der Waals surface area contributed by atoms with Crippen LogP contribution < -0.4 is 0 Å². The third-order valence-corrected chi connectivity index (χ3v) is 1.13. The number of nitrogens with one attached hydrogen (secondary N) is 1. The molecule has 0 aliphatic heterocycles. The number of hydrogen-bond acceptors (Lipinski definition) is 1. The minimum Gasteiger partial charge on any atom is -0.308 e. The van der Waals surface area contributed by atoms with Crippen LogP contribution in [0.5, 0.6) is 0 Å². The van der Waals surface area contributed by atoms with Crippen molar-refractivity contribution in [3.63, 3.8) is 0 Å². The standard InChI is InChI=1S/C5H10ClN/c1-4(2)5(7)3-6/h4,7H,3H2,1-2H3. The quantitative estimate of drug-likeness (QED) is 0.424. The van der Waals surface area contributed by atoms with E-state index in [1.807, 2.05) is 13.8 Å². The second-order valence-corrected chi connectivity index (χ2v) is 2.08. The molecule has 0 aliphatic carbocycles. The molecule has 0 saturated carbocycles. The molecule has 0 saturated heterocycles. The maximum Gasteiger partial charge on any atom is 0.0603 e. The van der Waals surface area contributed by atoms with E-state index < -0.39 is 0 Å². The number of halogens is 1. The summed E-state index contributed by atoms with van der Waals surface area (Å²) < 4.78 is 0. The average molecular weight is 120 g/mol. The smallest absolute Gasteiger partial charge is 0.0603 e. The van der Waals surface area contributed by atoms with Crippen LogP contribution in [0.2, 0.25) is 0 Å². The second kappa shape index (κ2) is 3.03. The third kappa shape index (κ3) is 2.63. The van der Waals surface area contributed by atoms with E-state index in [1.165, 1.54) is 0 Å². The van der Waals surface area contributed by atoms with Gasteiger partial charge in [0.2, 0.25) is 0 Å². The van der Waals surface area contributed by atoms with Gasteiger partial charge < -0.3 is 5.41 Å². The van der Waals surface area contributed by atoms with Gasteiger partial charge in [-0.2, -0.15) is 0 Å². The van der Waals surface area contributed by atoms with Crippen molar-refractivity contribution < 1.29 is 0 Å². The molecule has 7 heavy (non-hydrogen) atoms. The number of hydrogen-bond donors (Lipinski definition) is 1. The molecule has 1 N–H and O–H groups in total. The number of rotatable bonds is 2. The second-order valence-electron chi connectivity index (χ2n) is 1.81. The van der Waals surface area contributed by atoms with E-state index in [9.17, 15) is 0 Å². The summed E-state index contributed by atoms with van der Waals surface area (Å²) in [5.74, 6) is 0.690. The van der Waals surface area contributed by atoms with Crippen molar-refractivity contribution in [3.05, 3.63) is 0 Å². The molecule has 2 heteroatoms. The zero-order chi connectivity index (χ0) is 5.86. The summed E-state index contributed by atoms with van der Waals surface area (Å²) >= 11 is 5.32. The van der Waals surface area contributed by atoms with Crippen LogP contribution >= 0.6 is 11.6 Å². The zero-order valence-corrected chi connectivity index (χ0v) is 5.42. The number of alkyl halides is 1. The summed E-state index contributed by atoms with van der Waals surface area (Å²) in [6.07, 6.45) is 0. The zero-order valence-electron chi connectivity index (χ0n) is 4.66. The molecule has 0 radical (unpaired) electrons. The van der Waals surface area contributed by atoms with Gasteiger partial charge in [0.15, 0.2) is 0 Å². The highest BCUT2D eigenvalue weighted by Crippen LogP contribution is 1.94. The van der Waals surface area contributed by atoms with Crippen LogP contribution in [0.25, 0.3) is 0 Å². The summed E-state index contributed by atoms with van der Waals surface area (Å²) in [6.45, 7) is 3.93. The molecule has 0 aromatic heterocycles. The van der Waals surface area contributed by atoms with Crippen molar-refractivity contribution in [2.45, 2.75) is 13.8 Å². The monoisotopic (exact) mass is 119 g/mol. The maximum atomic E-state index is 7.06. The fraction of sp³-hybridized carbons (Fsp3) is 0.800. The van der Waals surface area contributed by atoms with Crippen LogP contribution in [0.1, 0.15) is 13.8 Å². The summed E-state index contributed by atoms with van der Waals surface area (Å²) in [5, 5.41) is 7.06. The molecule has 0 bridgehead atoms. The Morgan fingerprint density at radius 2 is 2.14 bits per heavy atom. The van der Waals surface area contributed by atoms with E-state index in [4.69, 9.17) is 17.0 Å². The Hall–Kier alpha value is -0.0400. The van der Waals surface area contributed by atoms with Crippen LogP contribution in [0.4, 0.5) is 0 Å². The van der Waals surface area contributed by atoms with Gasteiger partial charge >= 0.3 is 0 Å². The Morgan fingerprint density at radius 3 is 2.14 bits per heavy atom. The van der Waals surface area contributed by atoms with Crippen LogP contribution in [0, 0.1) is 11.3 Å². The Labute approximate surface area is 49.2 Å². The van der Waals surface area contributed by atoms with Gasteiger partial charge in [-0.15, -0.1) is 11.6 Å². The van der Waals surface area contributed by atoms with Gasteiger partial charge in [0.05, 0.1) is 5.88 Å². The lowest BCUT2D eigenvalue weighted by Crippen LogP contribution is -2.05. The Morgan fingerprint density at radius 1 is 1.71 bits per heavy atom. The summed E-state index contributed by atoms with van der Waals surface area (Å²) in [4.78, 5) is 0. The fourth-order valence-electron chi connectivity index (χ4n) is 0.154. The minimum absolute atomic E-state index is 0.317. The van der Waals surface area contributed by atoms with Crippen molar-refractivity contribution in [3.8, 4) is 0 Å². The fourth-order valence-corrected chi connectivity index (χ4v) is 0.463. The van der Waals surface area contributed by atoms with E-state index in [1.54, 1.807) is 0 Å². The Bertz CT molecular complexity index is 68.5. The first-order chi connectivity index (χ1) is 3.18. The highest BCUT2D eigenvalue weighted by Gasteiger charge is 1.97. The van der Waals surface area contributed by atoms with Gasteiger partial charge in [-0.25, -0.2) is 0 Å². The molecule has 42 valence electrons. The first-order valence-electron chi connectivity index (χ1n) is 2.31. The van der Waals surface area contributed by atoms with Crippen LogP contribution in [0.3, 0.4) is 0 Å². The van der Waals surface area contributed by atoms with Crippen molar-refractivity contribution in [1.29, 1.82) is 5.41 Å². The van der Waals surface area contributed by atoms with Gasteiger partial charge in [0.1, 0.15) is 0 Å². The normalized spacial score (nSPS) is 9.71. The highest BCUT2D eigenvalue weighted by molar-refractivity contribution is 6.28. The van der Waals surface area contributed by atoms with Crippen molar-refractivity contribution in [1.82, 2.24) is 0 Å². The highest BCUT2D eigenvalue weighted by atomic mass is 35.5. The van der Waals surface area contributed by atoms with E-state index >= 15 is 0 Å². The predicted molar refractivity (Wildman–Crippen MR) is 33.3 cm³/mol. The van der Waals surface area contributed by atoms with Crippen molar-refractivity contribution in [2.75, 3.05) is 5.88 Å². The van der Waals surface area contributed by atoms with Crippen molar-refractivity contribution >= 4 is 17.3 Å². The maximum absolute atomic E-state index is 7.06. The SMILES string of the molecule is CC(C)C(=N)CCl. The van der Waals surface area contributed by atoms with Gasteiger partial charge in [-0.05, 0) is 5.92 Å². The van der Waals surface area contributed by atoms with E-state index in [2.05, 4.69) is 0 Å². The van der Waals surface area contributed by atoms with Gasteiger partial charge in [0.25, 0.3) is 0 Å². The van der Waals surface area contributed by atoms with Crippen molar-refractivity contribution in [2.24, 2.45) is 5.92 Å². The topological polar surface area (TPSA) is 23.9 Å². The summed E-state index contributed by atoms with van der Waals surface area (Å²) in [7, 11) is 0. The molecule has 0 aliphatic rings. The molecule has 0 atom stereocenters. The van der Waals surface area contributed by atoms with Gasteiger partial charge in [0, 0.05) is 5.71 Å². The van der Waals surface area contributed by atoms with Crippen LogP contribution in [-0.2, 0) is 0 Å².